The van der Waals surface area contributed by atoms with Gasteiger partial charge in [0.25, 0.3) is 0 Å². The topological polar surface area (TPSA) is 0 Å². The molecule has 0 saturated carbocycles. The van der Waals surface area contributed by atoms with Gasteiger partial charge in [-0.3, -0.25) is 0 Å². The van der Waals surface area contributed by atoms with Gasteiger partial charge in [0.1, 0.15) is 0 Å². The third kappa shape index (κ3) is 25.3. The van der Waals surface area contributed by atoms with E-state index in [4.69, 9.17) is 0 Å². The maximum absolute atomic E-state index is 3.36. The summed E-state index contributed by atoms with van der Waals surface area (Å²) in [4.78, 5) is 0. The standard InChI is InChI=1S/C4H6.2BrH/c1-3-4-2;;/h3-4H,1-2H2;2*1H. The zero-order valence-electron chi connectivity index (χ0n) is 3.39. The first-order chi connectivity index (χ1) is 1.91. The second-order valence-corrected chi connectivity index (χ2v) is 0.471. The molecule has 0 aliphatic carbocycles. The Labute approximate surface area is 59.5 Å². The summed E-state index contributed by atoms with van der Waals surface area (Å²) in [6.07, 6.45) is 3.28. The first-order valence-corrected chi connectivity index (χ1v) is 1.15. The third-order valence-corrected chi connectivity index (χ3v) is 0.167. The molecule has 0 unspecified atom stereocenters. The Bertz CT molecular complexity index is 26.5. The summed E-state index contributed by atoms with van der Waals surface area (Å²) in [7, 11) is 0. The van der Waals surface area contributed by atoms with Crippen molar-refractivity contribution in [1.29, 1.82) is 0 Å². The summed E-state index contributed by atoms with van der Waals surface area (Å²) >= 11 is 0. The Balaban J connectivity index is -0.0000000450. The fraction of sp³-hybridized carbons (Fsp3) is 0. The van der Waals surface area contributed by atoms with Crippen LogP contribution in [0.5, 0.6) is 0 Å². The van der Waals surface area contributed by atoms with Gasteiger partial charge in [-0.1, -0.05) is 25.3 Å². The van der Waals surface area contributed by atoms with E-state index in [1.165, 1.54) is 0 Å². The van der Waals surface area contributed by atoms with Gasteiger partial charge in [0.05, 0.1) is 0 Å². The Morgan fingerprint density at radius 3 is 1.00 bits per heavy atom. The van der Waals surface area contributed by atoms with Gasteiger partial charge in [0, 0.05) is 0 Å². The van der Waals surface area contributed by atoms with E-state index in [1.807, 2.05) is 0 Å². The molecule has 0 N–H and O–H groups in total. The molecule has 2 heteroatoms. The molecule has 0 amide bonds. The van der Waals surface area contributed by atoms with E-state index in [0.29, 0.717) is 0 Å². The zero-order chi connectivity index (χ0) is 3.41. The Hall–Kier alpha value is 0.440. The lowest BCUT2D eigenvalue weighted by Crippen LogP contribution is -1.21. The van der Waals surface area contributed by atoms with Crippen LogP contribution in [0.4, 0.5) is 0 Å². The van der Waals surface area contributed by atoms with Crippen LogP contribution >= 0.6 is 34.0 Å². The Kier molecular flexibility index (Phi) is 48.4. The van der Waals surface area contributed by atoms with Crippen LogP contribution in [0.3, 0.4) is 0 Å². The molecule has 0 radical (unpaired) electrons. The highest BCUT2D eigenvalue weighted by atomic mass is 79.9. The van der Waals surface area contributed by atoms with Gasteiger partial charge in [0.15, 0.2) is 0 Å². The molecule has 0 fully saturated rings. The molecule has 0 saturated heterocycles. The first-order valence-electron chi connectivity index (χ1n) is 1.15. The van der Waals surface area contributed by atoms with Crippen LogP contribution in [0.25, 0.3) is 0 Å². The van der Waals surface area contributed by atoms with Crippen molar-refractivity contribution in [2.45, 2.75) is 0 Å². The van der Waals surface area contributed by atoms with Gasteiger partial charge in [-0.2, -0.15) is 0 Å². The summed E-state index contributed by atoms with van der Waals surface area (Å²) in [6, 6.07) is 0. The highest BCUT2D eigenvalue weighted by molar-refractivity contribution is 8.93. The monoisotopic (exact) mass is 214 g/mol. The lowest BCUT2D eigenvalue weighted by molar-refractivity contribution is 2.15. The number of halogens is 2. The average Bonchev–Trinajstić information content (AvgIpc) is 1.37. The van der Waals surface area contributed by atoms with E-state index >= 15 is 0 Å². The van der Waals surface area contributed by atoms with Crippen LogP contribution < -0.4 is 0 Å². The van der Waals surface area contributed by atoms with Gasteiger partial charge in [-0.15, -0.1) is 34.0 Å². The molecule has 0 aliphatic rings. The van der Waals surface area contributed by atoms with Crippen molar-refractivity contribution in [3.8, 4) is 0 Å². The van der Waals surface area contributed by atoms with Crippen molar-refractivity contribution >= 4 is 34.0 Å². The lowest BCUT2D eigenvalue weighted by atomic mass is 10.6. The van der Waals surface area contributed by atoms with E-state index < -0.39 is 0 Å². The molecule has 0 aromatic heterocycles. The highest BCUT2D eigenvalue weighted by Crippen LogP contribution is 1.52. The molecule has 0 nitrogen and oxygen atoms in total. The minimum absolute atomic E-state index is 0. The third-order valence-electron chi connectivity index (χ3n) is 0.167. The highest BCUT2D eigenvalue weighted by Gasteiger charge is 1.29. The van der Waals surface area contributed by atoms with E-state index in [-0.39, 0.29) is 34.0 Å². The molecule has 0 aliphatic heterocycles. The summed E-state index contributed by atoms with van der Waals surface area (Å²) in [5.41, 5.74) is 0. The van der Waals surface area contributed by atoms with Crippen molar-refractivity contribution in [1.82, 2.24) is 0 Å². The summed E-state index contributed by atoms with van der Waals surface area (Å²) in [5, 5.41) is 0. The second kappa shape index (κ2) is 18.0. The molecule has 0 aromatic carbocycles. The van der Waals surface area contributed by atoms with Gasteiger partial charge in [0.2, 0.25) is 0 Å². The molecular weight excluding hydrogens is 208 g/mol. The molecule has 0 bridgehead atoms. The second-order valence-electron chi connectivity index (χ2n) is 0.471. The van der Waals surface area contributed by atoms with Crippen LogP contribution in [0.2, 0.25) is 0 Å². The van der Waals surface area contributed by atoms with E-state index in [2.05, 4.69) is 13.2 Å². The maximum Gasteiger partial charge on any atom is -0.0701 e. The van der Waals surface area contributed by atoms with E-state index in [0.717, 1.165) is 0 Å². The van der Waals surface area contributed by atoms with Crippen LogP contribution in [0.15, 0.2) is 25.3 Å². The number of hydrogen-bond acceptors (Lipinski definition) is 0. The molecular formula is C4H8Br2. The predicted octanol–water partition coefficient (Wildman–Crippen LogP) is 2.51. The maximum atomic E-state index is 3.36. The average molecular weight is 216 g/mol. The predicted molar refractivity (Wildman–Crippen MR) is 41.0 cm³/mol. The molecule has 0 rings (SSSR count). The van der Waals surface area contributed by atoms with E-state index in [1.54, 1.807) is 12.2 Å². The first kappa shape index (κ1) is 16.1. The van der Waals surface area contributed by atoms with Crippen molar-refractivity contribution < 1.29 is 0 Å². The lowest BCUT2D eigenvalue weighted by Gasteiger charge is -1.44. The molecule has 38 valence electrons. The fourth-order valence-corrected chi connectivity index (χ4v) is 0. The van der Waals surface area contributed by atoms with Crippen LogP contribution in [0.1, 0.15) is 0 Å². The number of hydrogen-bond donors (Lipinski definition) is 0. The minimum atomic E-state index is 0. The molecule has 0 spiro atoms. The molecule has 6 heavy (non-hydrogen) atoms. The van der Waals surface area contributed by atoms with Gasteiger partial charge >= 0.3 is 0 Å². The van der Waals surface area contributed by atoms with Crippen molar-refractivity contribution in [2.75, 3.05) is 0 Å². The quantitative estimate of drug-likeness (QED) is 0.590. The van der Waals surface area contributed by atoms with E-state index in [9.17, 15) is 0 Å². The van der Waals surface area contributed by atoms with Gasteiger partial charge < -0.3 is 0 Å². The van der Waals surface area contributed by atoms with Gasteiger partial charge in [-0.05, 0) is 0 Å². The molecule has 0 aromatic rings. The summed E-state index contributed by atoms with van der Waals surface area (Å²) in [5.74, 6) is 0. The van der Waals surface area contributed by atoms with Crippen molar-refractivity contribution in [3.05, 3.63) is 25.3 Å². The normalized spacial score (nSPS) is 3.33. The van der Waals surface area contributed by atoms with Crippen LogP contribution in [-0.2, 0) is 0 Å². The largest absolute Gasteiger partial charge is 0.114 e. The zero-order valence-corrected chi connectivity index (χ0v) is 6.81. The summed E-state index contributed by atoms with van der Waals surface area (Å²) in [6.45, 7) is 6.72. The van der Waals surface area contributed by atoms with Crippen molar-refractivity contribution in [3.63, 3.8) is 0 Å². The number of rotatable bonds is 1. The smallest absolute Gasteiger partial charge is 0.0701 e. The fourth-order valence-electron chi connectivity index (χ4n) is 0. The van der Waals surface area contributed by atoms with Crippen LogP contribution in [0, 0.1) is 0 Å². The van der Waals surface area contributed by atoms with Crippen LogP contribution in [-0.4, -0.2) is 0 Å². The molecule has 0 atom stereocenters. The summed E-state index contributed by atoms with van der Waals surface area (Å²) < 4.78 is 0. The molecule has 0 heterocycles. The van der Waals surface area contributed by atoms with Gasteiger partial charge in [-0.25, -0.2) is 0 Å². The Morgan fingerprint density at radius 2 is 1.00 bits per heavy atom. The number of allylic oxidation sites excluding steroid dienone is 2. The minimum Gasteiger partial charge on any atom is -0.114 e. The SMILES string of the molecule is Br.Br.C=CC=C. The Morgan fingerprint density at radius 1 is 0.833 bits per heavy atom. The van der Waals surface area contributed by atoms with Crippen molar-refractivity contribution in [2.24, 2.45) is 0 Å².